The number of unbranched alkanes of at least 4 members (excludes halogenated alkanes) is 1. The van der Waals surface area contributed by atoms with Crippen molar-refractivity contribution < 1.29 is 19.6 Å². The van der Waals surface area contributed by atoms with Crippen LogP contribution in [0.4, 0.5) is 5.69 Å². The van der Waals surface area contributed by atoms with E-state index in [1.807, 2.05) is 6.92 Å². The second kappa shape index (κ2) is 8.07. The van der Waals surface area contributed by atoms with E-state index in [0.29, 0.717) is 6.42 Å². The average Bonchev–Trinajstić information content (AvgIpc) is 2.49. The molecule has 1 aromatic carbocycles. The number of Topliss-reactive ketones (excluding diaryl/α,β-unsaturated/α-hetero) is 1. The summed E-state index contributed by atoms with van der Waals surface area (Å²) in [6.07, 6.45) is 3.33. The van der Waals surface area contributed by atoms with E-state index in [1.165, 1.54) is 18.3 Å². The Kier molecular flexibility index (Phi) is 6.44. The molecule has 0 amide bonds. The van der Waals surface area contributed by atoms with Crippen LogP contribution in [0.1, 0.15) is 42.1 Å². The van der Waals surface area contributed by atoms with Crippen molar-refractivity contribution in [1.29, 1.82) is 0 Å². The topological polar surface area (TPSA) is 101 Å². The summed E-state index contributed by atoms with van der Waals surface area (Å²) in [5.41, 5.74) is -0.226. The predicted octanol–water partition coefficient (Wildman–Crippen LogP) is 2.95. The number of carbonyl (C=O) groups excluding carboxylic acids is 1. The van der Waals surface area contributed by atoms with Crippen molar-refractivity contribution in [2.24, 2.45) is 0 Å². The Morgan fingerprint density at radius 2 is 2.00 bits per heavy atom. The van der Waals surface area contributed by atoms with Crippen LogP contribution in [-0.4, -0.2) is 40.8 Å². The lowest BCUT2D eigenvalue weighted by Gasteiger charge is -2.12. The van der Waals surface area contributed by atoms with E-state index in [2.05, 4.69) is 0 Å². The van der Waals surface area contributed by atoms with E-state index < -0.39 is 10.9 Å². The van der Waals surface area contributed by atoms with Gasteiger partial charge in [-0.25, -0.2) is 4.79 Å². The van der Waals surface area contributed by atoms with E-state index in [1.54, 1.807) is 19.0 Å². The van der Waals surface area contributed by atoms with Gasteiger partial charge >= 0.3 is 5.97 Å². The minimum Gasteiger partial charge on any atom is -0.478 e. The normalized spacial score (nSPS) is 11.2. The maximum absolute atomic E-state index is 12.4. The fraction of sp³-hybridized carbons (Fsp3) is 0.375. The number of hydrogen-bond donors (Lipinski definition) is 1. The van der Waals surface area contributed by atoms with Gasteiger partial charge in [0.15, 0.2) is 5.78 Å². The van der Waals surface area contributed by atoms with Gasteiger partial charge in [-0.05, 0) is 18.6 Å². The fourth-order valence-corrected chi connectivity index (χ4v) is 2.07. The summed E-state index contributed by atoms with van der Waals surface area (Å²) in [6.45, 7) is 1.95. The Labute approximate surface area is 134 Å². The molecule has 0 bridgehead atoms. The van der Waals surface area contributed by atoms with Crippen LogP contribution in [0.2, 0.25) is 0 Å². The summed E-state index contributed by atoms with van der Waals surface area (Å²) in [5, 5.41) is 20.3. The summed E-state index contributed by atoms with van der Waals surface area (Å²) in [5.74, 6) is -1.46. The lowest BCUT2D eigenvalue weighted by Crippen LogP contribution is -2.11. The summed E-state index contributed by atoms with van der Waals surface area (Å²) in [6, 6.07) is 3.57. The van der Waals surface area contributed by atoms with Gasteiger partial charge in [0.25, 0.3) is 5.69 Å². The molecule has 1 aromatic rings. The molecular weight excluding hydrogens is 300 g/mol. The number of aromatic carboxylic acids is 1. The number of allylic oxidation sites excluding steroid dienone is 1. The van der Waals surface area contributed by atoms with Gasteiger partial charge in [-0.2, -0.15) is 0 Å². The average molecular weight is 320 g/mol. The Hall–Kier alpha value is -2.70. The second-order valence-corrected chi connectivity index (χ2v) is 5.33. The maximum atomic E-state index is 12.4. The molecule has 23 heavy (non-hydrogen) atoms. The molecule has 7 nitrogen and oxygen atoms in total. The molecule has 0 aromatic heterocycles. The molecule has 1 N–H and O–H groups in total. The van der Waals surface area contributed by atoms with Gasteiger partial charge in [-0.3, -0.25) is 14.9 Å². The molecule has 0 atom stereocenters. The van der Waals surface area contributed by atoms with Crippen molar-refractivity contribution in [2.45, 2.75) is 26.2 Å². The lowest BCUT2D eigenvalue weighted by atomic mass is 9.96. The van der Waals surface area contributed by atoms with Gasteiger partial charge in [-0.1, -0.05) is 13.3 Å². The van der Waals surface area contributed by atoms with Gasteiger partial charge in [0, 0.05) is 38.4 Å². The quantitative estimate of drug-likeness (QED) is 0.449. The molecule has 0 radical (unpaired) electrons. The standard InChI is InChI=1S/C16H20N2O5/c1-4-5-6-15(19)13(10-17(2)3)12-8-7-11(16(20)21)9-14(12)18(22)23/h7-10H,4-6H2,1-3H3,(H,20,21). The number of carboxylic acids is 1. The molecule has 0 aliphatic heterocycles. The van der Waals surface area contributed by atoms with Gasteiger partial charge in [0.2, 0.25) is 0 Å². The van der Waals surface area contributed by atoms with E-state index in [-0.39, 0.29) is 34.6 Å². The van der Waals surface area contributed by atoms with Crippen LogP contribution in [0.3, 0.4) is 0 Å². The van der Waals surface area contributed by atoms with Crippen LogP contribution >= 0.6 is 0 Å². The highest BCUT2D eigenvalue weighted by Gasteiger charge is 2.23. The van der Waals surface area contributed by atoms with Gasteiger partial charge in [-0.15, -0.1) is 0 Å². The third kappa shape index (κ3) is 4.91. The highest BCUT2D eigenvalue weighted by Crippen LogP contribution is 2.29. The number of benzene rings is 1. The van der Waals surface area contributed by atoms with Gasteiger partial charge < -0.3 is 10.0 Å². The molecule has 7 heteroatoms. The summed E-state index contributed by atoms with van der Waals surface area (Å²) < 4.78 is 0. The highest BCUT2D eigenvalue weighted by molar-refractivity contribution is 6.21. The maximum Gasteiger partial charge on any atom is 0.335 e. The first-order valence-corrected chi connectivity index (χ1v) is 7.21. The van der Waals surface area contributed by atoms with E-state index in [9.17, 15) is 19.7 Å². The van der Waals surface area contributed by atoms with Crippen molar-refractivity contribution in [3.63, 3.8) is 0 Å². The minimum atomic E-state index is -1.25. The predicted molar refractivity (Wildman–Crippen MR) is 86.3 cm³/mol. The van der Waals surface area contributed by atoms with Crippen molar-refractivity contribution in [2.75, 3.05) is 14.1 Å². The van der Waals surface area contributed by atoms with Crippen LogP contribution < -0.4 is 0 Å². The van der Waals surface area contributed by atoms with Crippen LogP contribution in [-0.2, 0) is 4.79 Å². The fourth-order valence-electron chi connectivity index (χ4n) is 2.07. The molecule has 0 fully saturated rings. The number of nitro benzene ring substituents is 1. The van der Waals surface area contributed by atoms with Crippen molar-refractivity contribution in [1.82, 2.24) is 4.90 Å². The van der Waals surface area contributed by atoms with Gasteiger partial charge in [0.1, 0.15) is 0 Å². The van der Waals surface area contributed by atoms with Crippen LogP contribution in [0.15, 0.2) is 24.4 Å². The number of carbonyl (C=O) groups is 2. The monoisotopic (exact) mass is 320 g/mol. The zero-order valence-electron chi connectivity index (χ0n) is 13.4. The molecule has 1 rings (SSSR count). The number of rotatable bonds is 8. The van der Waals surface area contributed by atoms with E-state index in [0.717, 1.165) is 12.5 Å². The third-order valence-corrected chi connectivity index (χ3v) is 3.18. The molecule has 0 unspecified atom stereocenters. The number of ketones is 1. The number of carboxylic acid groups (broad SMARTS) is 1. The second-order valence-electron chi connectivity index (χ2n) is 5.33. The molecule has 0 aliphatic carbocycles. The molecule has 0 saturated carbocycles. The van der Waals surface area contributed by atoms with Crippen LogP contribution in [0.25, 0.3) is 5.57 Å². The minimum absolute atomic E-state index is 0.134. The molecular formula is C16H20N2O5. The van der Waals surface area contributed by atoms with Crippen molar-refractivity contribution in [3.05, 3.63) is 45.6 Å². The Morgan fingerprint density at radius 1 is 1.35 bits per heavy atom. The van der Waals surface area contributed by atoms with Crippen LogP contribution in [0, 0.1) is 10.1 Å². The lowest BCUT2D eigenvalue weighted by molar-refractivity contribution is -0.385. The molecule has 0 heterocycles. The first-order valence-electron chi connectivity index (χ1n) is 7.21. The summed E-state index contributed by atoms with van der Waals surface area (Å²) in [4.78, 5) is 35.6. The molecule has 124 valence electrons. The molecule has 0 saturated heterocycles. The van der Waals surface area contributed by atoms with E-state index in [4.69, 9.17) is 5.11 Å². The number of nitro groups is 1. The molecule has 0 spiro atoms. The van der Waals surface area contributed by atoms with Crippen LogP contribution in [0.5, 0.6) is 0 Å². The SMILES string of the molecule is CCCCC(=O)C(=CN(C)C)c1ccc(C(=O)O)cc1[N+](=O)[O-]. The highest BCUT2D eigenvalue weighted by atomic mass is 16.6. The van der Waals surface area contributed by atoms with Crippen molar-refractivity contribution in [3.8, 4) is 0 Å². The summed E-state index contributed by atoms with van der Waals surface area (Å²) >= 11 is 0. The molecule has 0 aliphatic rings. The van der Waals surface area contributed by atoms with Gasteiger partial charge in [0.05, 0.1) is 16.1 Å². The Bertz CT molecular complexity index is 650. The first-order chi connectivity index (χ1) is 10.8. The van der Waals surface area contributed by atoms with Crippen molar-refractivity contribution >= 4 is 23.0 Å². The zero-order valence-corrected chi connectivity index (χ0v) is 13.4. The third-order valence-electron chi connectivity index (χ3n) is 3.18. The Morgan fingerprint density at radius 3 is 2.48 bits per heavy atom. The number of hydrogen-bond acceptors (Lipinski definition) is 5. The number of nitrogens with zero attached hydrogens (tertiary/aromatic N) is 2. The Balaban J connectivity index is 3.44. The smallest absolute Gasteiger partial charge is 0.335 e. The zero-order chi connectivity index (χ0) is 17.6. The van der Waals surface area contributed by atoms with E-state index >= 15 is 0 Å². The first kappa shape index (κ1) is 18.3. The summed E-state index contributed by atoms with van der Waals surface area (Å²) in [7, 11) is 3.43. The largest absolute Gasteiger partial charge is 0.478 e.